The van der Waals surface area contributed by atoms with E-state index in [4.69, 9.17) is 16.3 Å². The number of pyridine rings is 1. The lowest BCUT2D eigenvalue weighted by atomic mass is 10.0. The monoisotopic (exact) mass is 403 g/mol. The van der Waals surface area contributed by atoms with Crippen LogP contribution < -0.4 is 15.4 Å². The van der Waals surface area contributed by atoms with Crippen molar-refractivity contribution in [1.82, 2.24) is 4.98 Å². The first-order chi connectivity index (χ1) is 14.1. The maximum absolute atomic E-state index is 12.8. The molecule has 0 bridgehead atoms. The number of carbonyl (C=O) groups excluding carboxylic acids is 1. The third kappa shape index (κ3) is 4.31. The van der Waals surface area contributed by atoms with Crippen LogP contribution >= 0.6 is 11.6 Å². The molecule has 1 amide bonds. The Morgan fingerprint density at radius 3 is 2.62 bits per heavy atom. The van der Waals surface area contributed by atoms with E-state index in [9.17, 15) is 4.79 Å². The Morgan fingerprint density at radius 2 is 1.79 bits per heavy atom. The van der Waals surface area contributed by atoms with Gasteiger partial charge in [-0.1, -0.05) is 29.8 Å². The average Bonchev–Trinajstić information content (AvgIpc) is 2.73. The third-order valence-corrected chi connectivity index (χ3v) is 4.64. The molecule has 0 spiro atoms. The number of rotatable bonds is 5. The van der Waals surface area contributed by atoms with Gasteiger partial charge in [0.2, 0.25) is 0 Å². The molecule has 0 saturated carbocycles. The van der Waals surface area contributed by atoms with Crippen molar-refractivity contribution in [2.24, 2.45) is 0 Å². The quantitative estimate of drug-likeness (QED) is 0.430. The first-order valence-corrected chi connectivity index (χ1v) is 9.41. The second kappa shape index (κ2) is 8.20. The molecule has 0 aliphatic rings. The Kier molecular flexibility index (Phi) is 5.31. The van der Waals surface area contributed by atoms with E-state index in [-0.39, 0.29) is 5.91 Å². The highest BCUT2D eigenvalue weighted by Gasteiger charge is 2.11. The van der Waals surface area contributed by atoms with Crippen molar-refractivity contribution in [3.8, 4) is 11.5 Å². The van der Waals surface area contributed by atoms with Gasteiger partial charge in [-0.15, -0.1) is 0 Å². The van der Waals surface area contributed by atoms with Gasteiger partial charge in [0.15, 0.2) is 0 Å². The maximum Gasteiger partial charge on any atom is 0.256 e. The number of fused-ring (bicyclic) bond motifs is 1. The van der Waals surface area contributed by atoms with Gasteiger partial charge in [-0.3, -0.25) is 4.79 Å². The molecule has 0 aliphatic heterocycles. The molecule has 2 N–H and O–H groups in total. The molecule has 0 aliphatic carbocycles. The number of anilines is 2. The number of aromatic nitrogens is 1. The van der Waals surface area contributed by atoms with Gasteiger partial charge >= 0.3 is 0 Å². The molecule has 4 aromatic rings. The number of hydrogen-bond acceptors (Lipinski definition) is 4. The Labute approximate surface area is 173 Å². The number of nitrogens with zero attached hydrogens (tertiary/aromatic N) is 1. The van der Waals surface area contributed by atoms with Gasteiger partial charge in [-0.2, -0.15) is 0 Å². The summed E-state index contributed by atoms with van der Waals surface area (Å²) in [6.45, 7) is 0. The average molecular weight is 404 g/mol. The molecule has 6 heteroatoms. The smallest absolute Gasteiger partial charge is 0.256 e. The zero-order valence-electron chi connectivity index (χ0n) is 15.6. The lowest BCUT2D eigenvalue weighted by Crippen LogP contribution is -2.12. The van der Waals surface area contributed by atoms with Crippen LogP contribution in [-0.4, -0.2) is 17.9 Å². The molecule has 1 aromatic heterocycles. The van der Waals surface area contributed by atoms with E-state index in [1.807, 2.05) is 36.4 Å². The summed E-state index contributed by atoms with van der Waals surface area (Å²) in [7, 11) is 1.80. The molecule has 5 nitrogen and oxygen atoms in total. The Balaban J connectivity index is 1.61. The predicted molar refractivity (Wildman–Crippen MR) is 117 cm³/mol. The van der Waals surface area contributed by atoms with Crippen LogP contribution in [0.1, 0.15) is 10.4 Å². The van der Waals surface area contributed by atoms with E-state index in [1.165, 1.54) is 0 Å². The lowest BCUT2D eigenvalue weighted by Gasteiger charge is -2.11. The van der Waals surface area contributed by atoms with Crippen LogP contribution in [0.2, 0.25) is 5.02 Å². The van der Waals surface area contributed by atoms with Crippen LogP contribution in [0.4, 0.5) is 11.5 Å². The summed E-state index contributed by atoms with van der Waals surface area (Å²) in [5.74, 6) is 1.89. The number of amides is 1. The minimum absolute atomic E-state index is 0.195. The van der Waals surface area contributed by atoms with Gasteiger partial charge in [-0.25, -0.2) is 4.98 Å². The fraction of sp³-hybridized carbons (Fsp3) is 0.0435. The molecule has 0 atom stereocenters. The Morgan fingerprint density at radius 1 is 0.966 bits per heavy atom. The zero-order valence-corrected chi connectivity index (χ0v) is 16.4. The molecule has 0 fully saturated rings. The molecule has 1 heterocycles. The van der Waals surface area contributed by atoms with Crippen LogP contribution in [0.3, 0.4) is 0 Å². The highest BCUT2D eigenvalue weighted by molar-refractivity contribution is 6.31. The van der Waals surface area contributed by atoms with Gasteiger partial charge in [0.05, 0.1) is 0 Å². The van der Waals surface area contributed by atoms with Crippen molar-refractivity contribution in [1.29, 1.82) is 0 Å². The minimum Gasteiger partial charge on any atom is -0.457 e. The second-order valence-corrected chi connectivity index (χ2v) is 6.82. The first kappa shape index (κ1) is 18.8. The molecular weight excluding hydrogens is 386 g/mol. The molecular formula is C23H18ClN3O2. The molecule has 4 rings (SSSR count). The number of ether oxygens (including phenoxy) is 1. The second-order valence-electron chi connectivity index (χ2n) is 6.38. The summed E-state index contributed by atoms with van der Waals surface area (Å²) in [4.78, 5) is 17.0. The number of carbonyl (C=O) groups is 1. The summed E-state index contributed by atoms with van der Waals surface area (Å²) in [6.07, 6.45) is 1.68. The van der Waals surface area contributed by atoms with Crippen LogP contribution in [0.15, 0.2) is 79.0 Å². The van der Waals surface area contributed by atoms with Gasteiger partial charge in [-0.05, 0) is 59.3 Å². The van der Waals surface area contributed by atoms with Crippen LogP contribution in [0, 0.1) is 0 Å². The third-order valence-electron chi connectivity index (χ3n) is 4.40. The number of halogens is 1. The normalized spacial score (nSPS) is 10.6. The highest BCUT2D eigenvalue weighted by atomic mass is 35.5. The Bertz CT molecular complexity index is 1190. The Hall–Kier alpha value is -3.57. The standard InChI is InChI=1S/C23H18ClN3O2/c1-25-22-14-19(10-11-26-22)29-18-8-9-20-15(12-18)4-2-7-21(20)23(28)27-17-6-3-5-16(24)13-17/h2-14H,1H3,(H,25,26)(H,27,28). The number of hydrogen-bond donors (Lipinski definition) is 2. The molecule has 144 valence electrons. The van der Waals surface area contributed by atoms with Gasteiger partial charge in [0.1, 0.15) is 17.3 Å². The van der Waals surface area contributed by atoms with E-state index in [0.717, 1.165) is 16.6 Å². The van der Waals surface area contributed by atoms with E-state index in [0.29, 0.717) is 27.8 Å². The summed E-state index contributed by atoms with van der Waals surface area (Å²) in [5, 5.41) is 8.19. The van der Waals surface area contributed by atoms with Gasteiger partial charge in [0, 0.05) is 35.6 Å². The van der Waals surface area contributed by atoms with Crippen LogP contribution in [0.5, 0.6) is 11.5 Å². The largest absolute Gasteiger partial charge is 0.457 e. The summed E-state index contributed by atoms with van der Waals surface area (Å²) in [6, 6.07) is 21.9. The summed E-state index contributed by atoms with van der Waals surface area (Å²) >= 11 is 6.00. The van der Waals surface area contributed by atoms with E-state index in [1.54, 1.807) is 49.6 Å². The molecule has 0 radical (unpaired) electrons. The van der Waals surface area contributed by atoms with Crippen LogP contribution in [-0.2, 0) is 0 Å². The van der Waals surface area contributed by atoms with Crippen molar-refractivity contribution in [2.45, 2.75) is 0 Å². The summed E-state index contributed by atoms with van der Waals surface area (Å²) in [5.41, 5.74) is 1.23. The lowest BCUT2D eigenvalue weighted by molar-refractivity contribution is 0.102. The fourth-order valence-electron chi connectivity index (χ4n) is 3.04. The van der Waals surface area contributed by atoms with E-state index < -0.39 is 0 Å². The van der Waals surface area contributed by atoms with Crippen LogP contribution in [0.25, 0.3) is 10.8 Å². The SMILES string of the molecule is CNc1cc(Oc2ccc3c(C(=O)Nc4cccc(Cl)c4)cccc3c2)ccn1. The molecule has 0 unspecified atom stereocenters. The summed E-state index contributed by atoms with van der Waals surface area (Å²) < 4.78 is 5.94. The topological polar surface area (TPSA) is 63.2 Å². The predicted octanol–water partition coefficient (Wildman–Crippen LogP) is 5.97. The molecule has 29 heavy (non-hydrogen) atoms. The molecule has 0 saturated heterocycles. The number of benzene rings is 3. The van der Waals surface area contributed by atoms with Gasteiger partial charge < -0.3 is 15.4 Å². The number of nitrogens with one attached hydrogen (secondary N) is 2. The fourth-order valence-corrected chi connectivity index (χ4v) is 3.23. The van der Waals surface area contributed by atoms with Crippen molar-refractivity contribution >= 4 is 39.8 Å². The first-order valence-electron chi connectivity index (χ1n) is 9.04. The zero-order chi connectivity index (χ0) is 20.2. The van der Waals surface area contributed by atoms with Gasteiger partial charge in [0.25, 0.3) is 5.91 Å². The van der Waals surface area contributed by atoms with Crippen molar-refractivity contribution in [2.75, 3.05) is 17.7 Å². The van der Waals surface area contributed by atoms with Crippen molar-refractivity contribution in [3.63, 3.8) is 0 Å². The van der Waals surface area contributed by atoms with Crippen molar-refractivity contribution < 1.29 is 9.53 Å². The van der Waals surface area contributed by atoms with Crippen molar-refractivity contribution in [3.05, 3.63) is 89.6 Å². The highest BCUT2D eigenvalue weighted by Crippen LogP contribution is 2.28. The van der Waals surface area contributed by atoms with E-state index in [2.05, 4.69) is 15.6 Å². The maximum atomic E-state index is 12.8. The van der Waals surface area contributed by atoms with E-state index >= 15 is 0 Å². The minimum atomic E-state index is -0.195. The molecule has 3 aromatic carbocycles.